The largest absolute Gasteiger partial charge is 0.513 e. The third-order valence-electron chi connectivity index (χ3n) is 3.58. The number of carbonyl (C=O) groups excluding carboxylic acids is 3. The van der Waals surface area contributed by atoms with Crippen LogP contribution >= 0.6 is 0 Å². The van der Waals surface area contributed by atoms with Crippen molar-refractivity contribution in [2.75, 3.05) is 26.1 Å². The number of aromatic carboxylic acids is 1. The molecule has 2 N–H and O–H groups in total. The van der Waals surface area contributed by atoms with E-state index in [4.69, 9.17) is 14.6 Å². The second-order valence-corrected chi connectivity index (χ2v) is 5.40. The fourth-order valence-corrected chi connectivity index (χ4v) is 2.19. The number of benzene rings is 2. The van der Waals surface area contributed by atoms with Crippen molar-refractivity contribution in [3.63, 3.8) is 0 Å². The molecule has 152 valence electrons. The van der Waals surface area contributed by atoms with Gasteiger partial charge in [-0.05, 0) is 36.4 Å². The number of hydrogen-bond donors (Lipinski definition) is 2. The van der Waals surface area contributed by atoms with E-state index >= 15 is 0 Å². The summed E-state index contributed by atoms with van der Waals surface area (Å²) in [6, 6.07) is 9.87. The molecule has 2 aromatic carbocycles. The van der Waals surface area contributed by atoms with Gasteiger partial charge in [-0.25, -0.2) is 14.4 Å². The van der Waals surface area contributed by atoms with E-state index in [0.29, 0.717) is 5.69 Å². The Morgan fingerprint density at radius 1 is 0.897 bits per heavy atom. The summed E-state index contributed by atoms with van der Waals surface area (Å²) < 4.78 is 18.7. The van der Waals surface area contributed by atoms with Crippen LogP contribution in [0.4, 0.5) is 15.3 Å². The molecular weight excluding hydrogens is 386 g/mol. The predicted molar refractivity (Wildman–Crippen MR) is 98.7 cm³/mol. The number of methoxy groups -OCH3 is 2. The van der Waals surface area contributed by atoms with Crippen LogP contribution in [0.25, 0.3) is 0 Å². The van der Waals surface area contributed by atoms with Crippen LogP contribution in [0.5, 0.6) is 11.5 Å². The lowest BCUT2D eigenvalue weighted by atomic mass is 10.1. The van der Waals surface area contributed by atoms with Gasteiger partial charge in [0.25, 0.3) is 0 Å². The molecule has 29 heavy (non-hydrogen) atoms. The van der Waals surface area contributed by atoms with Gasteiger partial charge in [-0.2, -0.15) is 0 Å². The van der Waals surface area contributed by atoms with Crippen molar-refractivity contribution < 1.29 is 43.2 Å². The lowest BCUT2D eigenvalue weighted by Gasteiger charge is -2.13. The summed E-state index contributed by atoms with van der Waals surface area (Å²) in [4.78, 5) is 46.4. The molecule has 0 aliphatic heterocycles. The van der Waals surface area contributed by atoms with Crippen molar-refractivity contribution in [2.45, 2.75) is 0 Å². The van der Waals surface area contributed by atoms with Gasteiger partial charge in [-0.3, -0.25) is 4.79 Å². The number of carboxylic acid groups (broad SMARTS) is 1. The van der Waals surface area contributed by atoms with Crippen LogP contribution in [0.2, 0.25) is 0 Å². The minimum absolute atomic E-state index is 0.0496. The Balaban J connectivity index is 2.22. The molecule has 0 atom stereocenters. The second kappa shape index (κ2) is 9.74. The molecule has 10 heteroatoms. The van der Waals surface area contributed by atoms with E-state index in [1.165, 1.54) is 42.5 Å². The van der Waals surface area contributed by atoms with E-state index < -0.39 is 24.1 Å². The number of Topliss-reactive ketones (excluding diaryl/α,β-unsaturated/α-hetero) is 1. The highest BCUT2D eigenvalue weighted by Crippen LogP contribution is 2.32. The Bertz CT molecular complexity index is 922. The van der Waals surface area contributed by atoms with Gasteiger partial charge in [0.15, 0.2) is 17.3 Å². The van der Waals surface area contributed by atoms with E-state index in [9.17, 15) is 19.2 Å². The zero-order valence-corrected chi connectivity index (χ0v) is 15.5. The molecule has 0 radical (unpaired) electrons. The summed E-state index contributed by atoms with van der Waals surface area (Å²) in [6.07, 6.45) is -2.18. The number of ketones is 1. The fraction of sp³-hybridized carbons (Fsp3) is 0.158. The van der Waals surface area contributed by atoms with Crippen molar-refractivity contribution in [3.8, 4) is 11.5 Å². The minimum atomic E-state index is -1.11. The average molecular weight is 403 g/mol. The maximum absolute atomic E-state index is 12.6. The summed E-state index contributed by atoms with van der Waals surface area (Å²) in [5.74, 6) is -2.09. The van der Waals surface area contributed by atoms with E-state index in [0.717, 1.165) is 14.2 Å². The lowest BCUT2D eigenvalue weighted by molar-refractivity contribution is 0.0696. The molecule has 0 unspecified atom stereocenters. The standard InChI is InChI=1S/C19H17NO9/c1-26-18(24)28-15-5-3-4-13(16(15)29-19(25)27-2)14(21)10-20-12-8-6-11(7-9-12)17(22)23/h3-9,20H,10H2,1-2H3,(H,22,23). The fourth-order valence-electron chi connectivity index (χ4n) is 2.19. The minimum Gasteiger partial charge on any atom is -0.478 e. The molecule has 0 amide bonds. The highest BCUT2D eigenvalue weighted by molar-refractivity contribution is 6.02. The Hall–Kier alpha value is -4.08. The van der Waals surface area contributed by atoms with Crippen LogP contribution in [0, 0.1) is 0 Å². The number of para-hydroxylation sites is 1. The Morgan fingerprint density at radius 3 is 2.10 bits per heavy atom. The van der Waals surface area contributed by atoms with Gasteiger partial charge in [-0.15, -0.1) is 0 Å². The molecular formula is C19H17NO9. The highest BCUT2D eigenvalue weighted by atomic mass is 16.7. The summed E-state index contributed by atoms with van der Waals surface area (Å²) >= 11 is 0. The van der Waals surface area contributed by atoms with E-state index in [2.05, 4.69) is 14.8 Å². The number of nitrogens with one attached hydrogen (secondary N) is 1. The molecule has 0 saturated carbocycles. The van der Waals surface area contributed by atoms with Gasteiger partial charge >= 0.3 is 18.3 Å². The number of anilines is 1. The molecule has 10 nitrogen and oxygen atoms in total. The van der Waals surface area contributed by atoms with Gasteiger partial charge in [0, 0.05) is 5.69 Å². The first kappa shape index (κ1) is 21.2. The maximum Gasteiger partial charge on any atom is 0.513 e. The van der Waals surface area contributed by atoms with Gasteiger partial charge in [0.2, 0.25) is 0 Å². The van der Waals surface area contributed by atoms with Crippen LogP contribution in [0.15, 0.2) is 42.5 Å². The zero-order valence-electron chi connectivity index (χ0n) is 15.5. The first-order chi connectivity index (χ1) is 13.8. The molecule has 2 aromatic rings. The molecule has 0 aliphatic rings. The number of carbonyl (C=O) groups is 4. The number of hydrogen-bond acceptors (Lipinski definition) is 9. The van der Waals surface area contributed by atoms with Crippen molar-refractivity contribution in [1.29, 1.82) is 0 Å². The lowest BCUT2D eigenvalue weighted by Crippen LogP contribution is -2.18. The van der Waals surface area contributed by atoms with E-state index in [1.54, 1.807) is 0 Å². The molecule has 2 rings (SSSR count). The molecule has 0 aliphatic carbocycles. The third kappa shape index (κ3) is 5.70. The second-order valence-electron chi connectivity index (χ2n) is 5.40. The predicted octanol–water partition coefficient (Wildman–Crippen LogP) is 2.97. The molecule has 0 heterocycles. The highest BCUT2D eigenvalue weighted by Gasteiger charge is 2.22. The first-order valence-electron chi connectivity index (χ1n) is 8.10. The molecule has 0 fully saturated rings. The number of carboxylic acids is 1. The van der Waals surface area contributed by atoms with Crippen molar-refractivity contribution in [1.82, 2.24) is 0 Å². The molecule has 0 bridgehead atoms. The Labute approximate surface area is 164 Å². The first-order valence-corrected chi connectivity index (χ1v) is 8.10. The average Bonchev–Trinajstić information content (AvgIpc) is 2.73. The Morgan fingerprint density at radius 2 is 1.52 bits per heavy atom. The Kier molecular flexibility index (Phi) is 7.13. The van der Waals surface area contributed by atoms with Crippen LogP contribution in [0.3, 0.4) is 0 Å². The van der Waals surface area contributed by atoms with Crippen LogP contribution in [-0.4, -0.2) is 49.9 Å². The van der Waals surface area contributed by atoms with Crippen molar-refractivity contribution >= 4 is 29.8 Å². The normalized spacial score (nSPS) is 9.86. The number of rotatable bonds is 7. The van der Waals surface area contributed by atoms with Gasteiger partial charge in [-0.1, -0.05) is 6.07 Å². The van der Waals surface area contributed by atoms with Gasteiger partial charge in [0.1, 0.15) is 0 Å². The van der Waals surface area contributed by atoms with Crippen molar-refractivity contribution in [3.05, 3.63) is 53.6 Å². The summed E-state index contributed by atoms with van der Waals surface area (Å²) in [5, 5.41) is 11.7. The number of ether oxygens (including phenoxy) is 4. The summed E-state index contributed by atoms with van der Waals surface area (Å²) in [6.45, 7) is -0.217. The van der Waals surface area contributed by atoms with Gasteiger partial charge < -0.3 is 29.4 Å². The maximum atomic E-state index is 12.6. The van der Waals surface area contributed by atoms with E-state index in [-0.39, 0.29) is 29.2 Å². The monoisotopic (exact) mass is 403 g/mol. The smallest absolute Gasteiger partial charge is 0.478 e. The van der Waals surface area contributed by atoms with Crippen LogP contribution in [0.1, 0.15) is 20.7 Å². The molecule has 0 spiro atoms. The van der Waals surface area contributed by atoms with Gasteiger partial charge in [0.05, 0.1) is 31.9 Å². The molecule has 0 aromatic heterocycles. The zero-order chi connectivity index (χ0) is 21.4. The summed E-state index contributed by atoms with van der Waals surface area (Å²) in [7, 11) is 2.17. The third-order valence-corrected chi connectivity index (χ3v) is 3.58. The van der Waals surface area contributed by atoms with Crippen LogP contribution in [-0.2, 0) is 9.47 Å². The van der Waals surface area contributed by atoms with Crippen molar-refractivity contribution in [2.24, 2.45) is 0 Å². The molecule has 0 saturated heterocycles. The van der Waals surface area contributed by atoms with Crippen LogP contribution < -0.4 is 14.8 Å². The topological polar surface area (TPSA) is 137 Å². The summed E-state index contributed by atoms with van der Waals surface area (Å²) in [5.41, 5.74) is 0.551. The SMILES string of the molecule is COC(=O)Oc1cccc(C(=O)CNc2ccc(C(=O)O)cc2)c1OC(=O)OC. The quantitative estimate of drug-likeness (QED) is 0.403. The van der Waals surface area contributed by atoms with E-state index in [1.807, 2.05) is 0 Å².